The average molecular weight is 427 g/mol. The first-order valence-corrected chi connectivity index (χ1v) is 11.1. The van der Waals surface area contributed by atoms with Crippen molar-refractivity contribution in [1.29, 1.82) is 0 Å². The number of tetrazole rings is 1. The number of nitrogens with zero attached hydrogens (tertiary/aromatic N) is 4. The van der Waals surface area contributed by atoms with E-state index in [4.69, 9.17) is 11.6 Å². The molecule has 1 heterocycles. The summed E-state index contributed by atoms with van der Waals surface area (Å²) in [4.78, 5) is 1.42. The lowest BCUT2D eigenvalue weighted by Crippen LogP contribution is -3.10. The monoisotopic (exact) mass is 426 g/mol. The molecule has 3 aromatic rings. The van der Waals surface area contributed by atoms with Crippen molar-refractivity contribution in [1.82, 2.24) is 20.2 Å². The van der Waals surface area contributed by atoms with Crippen LogP contribution >= 0.6 is 11.6 Å². The molecule has 3 rings (SSSR count). The van der Waals surface area contributed by atoms with Crippen LogP contribution in [0.3, 0.4) is 0 Å². The topological polar surface area (TPSA) is 48.0 Å². The van der Waals surface area contributed by atoms with E-state index in [2.05, 4.69) is 92.6 Å². The van der Waals surface area contributed by atoms with Crippen LogP contribution in [0.5, 0.6) is 0 Å². The zero-order valence-corrected chi connectivity index (χ0v) is 19.4. The van der Waals surface area contributed by atoms with Gasteiger partial charge in [0.15, 0.2) is 6.04 Å². The quantitative estimate of drug-likeness (QED) is 0.549. The average Bonchev–Trinajstić information content (AvgIpc) is 3.20. The van der Waals surface area contributed by atoms with Crippen molar-refractivity contribution in [3.8, 4) is 0 Å². The molecule has 0 aliphatic carbocycles. The van der Waals surface area contributed by atoms with Gasteiger partial charge in [-0.3, -0.25) is 0 Å². The fraction of sp³-hybridized carbons (Fsp3) is 0.458. The van der Waals surface area contributed by atoms with Gasteiger partial charge in [0, 0.05) is 22.1 Å². The van der Waals surface area contributed by atoms with Gasteiger partial charge in [0.05, 0.1) is 5.54 Å². The lowest BCUT2D eigenvalue weighted by molar-refractivity contribution is -0.962. The number of hydrogen-bond donors (Lipinski definition) is 1. The normalized spacial score (nSPS) is 14.1. The maximum absolute atomic E-state index is 6.12. The highest BCUT2D eigenvalue weighted by atomic mass is 35.5. The number of halogens is 1. The first kappa shape index (κ1) is 22.4. The Morgan fingerprint density at radius 1 is 0.967 bits per heavy atom. The molecule has 6 heteroatoms. The highest BCUT2D eigenvalue weighted by Gasteiger charge is 2.36. The molecule has 1 unspecified atom stereocenters. The third-order valence-corrected chi connectivity index (χ3v) is 6.19. The molecule has 5 nitrogen and oxygen atoms in total. The number of benzene rings is 2. The van der Waals surface area contributed by atoms with Crippen LogP contribution in [0.25, 0.3) is 0 Å². The maximum atomic E-state index is 6.12. The van der Waals surface area contributed by atoms with Crippen LogP contribution in [0.15, 0.2) is 54.6 Å². The summed E-state index contributed by atoms with van der Waals surface area (Å²) < 4.78 is 2.03. The van der Waals surface area contributed by atoms with Gasteiger partial charge >= 0.3 is 0 Å². The molecule has 2 atom stereocenters. The van der Waals surface area contributed by atoms with Gasteiger partial charge in [-0.15, -0.1) is 5.10 Å². The second kappa shape index (κ2) is 9.71. The van der Waals surface area contributed by atoms with E-state index in [1.54, 1.807) is 0 Å². The summed E-state index contributed by atoms with van der Waals surface area (Å²) in [7, 11) is 0. The van der Waals surface area contributed by atoms with Gasteiger partial charge in [-0.25, -0.2) is 4.68 Å². The van der Waals surface area contributed by atoms with Crippen molar-refractivity contribution in [2.75, 3.05) is 0 Å². The highest BCUT2D eigenvalue weighted by molar-refractivity contribution is 6.30. The Hall–Kier alpha value is -2.24. The summed E-state index contributed by atoms with van der Waals surface area (Å²) in [5.74, 6) is 1.32. The van der Waals surface area contributed by atoms with Crippen molar-refractivity contribution in [3.63, 3.8) is 0 Å². The molecule has 2 aromatic carbocycles. The summed E-state index contributed by atoms with van der Waals surface area (Å²) in [6.45, 7) is 12.9. The predicted octanol–water partition coefficient (Wildman–Crippen LogP) is 4.45. The Bertz CT molecular complexity index is 918. The second-order valence-corrected chi connectivity index (χ2v) is 9.40. The molecule has 0 bridgehead atoms. The number of quaternary nitrogens is 1. The fourth-order valence-electron chi connectivity index (χ4n) is 3.93. The zero-order chi connectivity index (χ0) is 21.7. The lowest BCUT2D eigenvalue weighted by Gasteiger charge is -2.33. The number of nitrogens with one attached hydrogen (secondary N) is 1. The standard InChI is InChI=1S/C24H32ClN5/c1-6-24(4,5)30-23(26-27-28-30)22(18(2)3)29(16-19-10-8-7-9-11-19)17-20-12-14-21(25)15-13-20/h7-15,18,22H,6,16-17H2,1-5H3/p+1/t22-/m0/s1. The Labute approximate surface area is 185 Å². The van der Waals surface area contributed by atoms with Crippen molar-refractivity contribution >= 4 is 11.6 Å². The molecular weight excluding hydrogens is 394 g/mol. The van der Waals surface area contributed by atoms with E-state index in [0.29, 0.717) is 5.92 Å². The third kappa shape index (κ3) is 5.27. The summed E-state index contributed by atoms with van der Waals surface area (Å²) in [6.07, 6.45) is 0.959. The summed E-state index contributed by atoms with van der Waals surface area (Å²) in [5, 5.41) is 13.8. The predicted molar refractivity (Wildman–Crippen MR) is 121 cm³/mol. The number of hydrogen-bond acceptors (Lipinski definition) is 3. The highest BCUT2D eigenvalue weighted by Crippen LogP contribution is 2.25. The molecule has 1 aromatic heterocycles. The largest absolute Gasteiger partial charge is 0.318 e. The van der Waals surface area contributed by atoms with E-state index in [0.717, 1.165) is 30.4 Å². The molecule has 0 fully saturated rings. The Morgan fingerprint density at radius 2 is 1.57 bits per heavy atom. The smallest absolute Gasteiger partial charge is 0.210 e. The van der Waals surface area contributed by atoms with Crippen molar-refractivity contribution in [2.45, 2.75) is 65.7 Å². The molecule has 0 aliphatic heterocycles. The van der Waals surface area contributed by atoms with Crippen LogP contribution < -0.4 is 4.90 Å². The molecule has 0 radical (unpaired) electrons. The summed E-state index contributed by atoms with van der Waals surface area (Å²) >= 11 is 6.12. The Balaban J connectivity index is 2.02. The molecule has 0 saturated heterocycles. The molecule has 0 amide bonds. The van der Waals surface area contributed by atoms with Crippen LogP contribution in [0, 0.1) is 5.92 Å². The Kier molecular flexibility index (Phi) is 7.27. The fourth-order valence-corrected chi connectivity index (χ4v) is 4.05. The van der Waals surface area contributed by atoms with Crippen LogP contribution in [0.2, 0.25) is 5.02 Å². The van der Waals surface area contributed by atoms with Gasteiger partial charge in [-0.1, -0.05) is 74.8 Å². The van der Waals surface area contributed by atoms with E-state index in [-0.39, 0.29) is 11.6 Å². The molecule has 0 saturated carbocycles. The Morgan fingerprint density at radius 3 is 2.13 bits per heavy atom. The number of aromatic nitrogens is 4. The summed E-state index contributed by atoms with van der Waals surface area (Å²) in [6, 6.07) is 19.0. The van der Waals surface area contributed by atoms with E-state index in [1.807, 2.05) is 16.8 Å². The van der Waals surface area contributed by atoms with Gasteiger partial charge < -0.3 is 4.90 Å². The van der Waals surface area contributed by atoms with Crippen molar-refractivity contribution in [2.24, 2.45) is 5.92 Å². The SMILES string of the molecule is CCC(C)(C)n1nnnc1[C@H](C(C)C)[NH+](Cc1ccccc1)Cc1ccc(Cl)cc1. The minimum atomic E-state index is -0.135. The molecular formula is C24H33ClN5+. The van der Waals surface area contributed by atoms with Crippen LogP contribution in [0.4, 0.5) is 0 Å². The van der Waals surface area contributed by atoms with Gasteiger partial charge in [-0.05, 0) is 42.8 Å². The van der Waals surface area contributed by atoms with Crippen molar-refractivity contribution < 1.29 is 4.90 Å². The second-order valence-electron chi connectivity index (χ2n) is 8.96. The van der Waals surface area contributed by atoms with Crippen LogP contribution in [0.1, 0.15) is 64.0 Å². The van der Waals surface area contributed by atoms with E-state index in [9.17, 15) is 0 Å². The van der Waals surface area contributed by atoms with Crippen LogP contribution in [-0.2, 0) is 18.6 Å². The number of rotatable bonds is 9. The van der Waals surface area contributed by atoms with Crippen molar-refractivity contribution in [3.05, 3.63) is 76.6 Å². The van der Waals surface area contributed by atoms with Crippen LogP contribution in [-0.4, -0.2) is 20.2 Å². The van der Waals surface area contributed by atoms with Gasteiger partial charge in [0.25, 0.3) is 0 Å². The van der Waals surface area contributed by atoms with Gasteiger partial charge in [0.2, 0.25) is 5.82 Å². The van der Waals surface area contributed by atoms with E-state index in [1.165, 1.54) is 16.0 Å². The van der Waals surface area contributed by atoms with Gasteiger partial charge in [0.1, 0.15) is 13.1 Å². The molecule has 30 heavy (non-hydrogen) atoms. The molecule has 0 aliphatic rings. The molecule has 1 N–H and O–H groups in total. The van der Waals surface area contributed by atoms with Gasteiger partial charge in [-0.2, -0.15) is 0 Å². The molecule has 0 spiro atoms. The van der Waals surface area contributed by atoms with E-state index < -0.39 is 0 Å². The minimum Gasteiger partial charge on any atom is -0.318 e. The minimum absolute atomic E-state index is 0.135. The maximum Gasteiger partial charge on any atom is 0.210 e. The zero-order valence-electron chi connectivity index (χ0n) is 18.6. The molecule has 160 valence electrons. The van der Waals surface area contributed by atoms with E-state index >= 15 is 0 Å². The first-order valence-electron chi connectivity index (χ1n) is 10.7. The summed E-state index contributed by atoms with van der Waals surface area (Å²) in [5.41, 5.74) is 2.43. The lowest BCUT2D eigenvalue weighted by atomic mass is 9.97. The first-order chi connectivity index (χ1) is 14.3. The third-order valence-electron chi connectivity index (χ3n) is 5.94.